The van der Waals surface area contributed by atoms with Gasteiger partial charge in [0.05, 0.1) is 23.6 Å². The fourth-order valence-corrected chi connectivity index (χ4v) is 3.14. The molecule has 6 heteroatoms. The molecule has 0 radical (unpaired) electrons. The number of nitrogens with zero attached hydrogens (tertiary/aromatic N) is 3. The first-order chi connectivity index (χ1) is 12.5. The smallest absolute Gasteiger partial charge is 0.261 e. The van der Waals surface area contributed by atoms with Gasteiger partial charge in [0, 0.05) is 18.4 Å². The van der Waals surface area contributed by atoms with Gasteiger partial charge in [-0.2, -0.15) is 0 Å². The van der Waals surface area contributed by atoms with Crippen LogP contribution in [0, 0.1) is 12.7 Å². The maximum absolute atomic E-state index is 13.1. The van der Waals surface area contributed by atoms with Gasteiger partial charge in [-0.3, -0.25) is 9.36 Å². The molecule has 2 aromatic carbocycles. The average Bonchev–Trinajstić information content (AvgIpc) is 2.65. The molecule has 0 aliphatic rings. The lowest BCUT2D eigenvalue weighted by molar-refractivity contribution is 0.219. The predicted octanol–water partition coefficient (Wildman–Crippen LogP) is 3.56. The molecule has 0 saturated heterocycles. The number of fused-ring (bicyclic) bond motifs is 1. The summed E-state index contributed by atoms with van der Waals surface area (Å²) in [7, 11) is 1.86. The number of anilines is 2. The van der Waals surface area contributed by atoms with Crippen LogP contribution in [0.4, 0.5) is 15.8 Å². The molecule has 0 fully saturated rings. The van der Waals surface area contributed by atoms with Crippen molar-refractivity contribution in [2.24, 2.45) is 0 Å². The highest BCUT2D eigenvalue weighted by atomic mass is 19.1. The Hall–Kier alpha value is -2.73. The zero-order chi connectivity index (χ0) is 18.8. The molecular weight excluding hydrogens is 333 g/mol. The minimum atomic E-state index is -0.294. The molecule has 0 aliphatic heterocycles. The van der Waals surface area contributed by atoms with Crippen LogP contribution in [-0.2, 0) is 0 Å². The Morgan fingerprint density at radius 1 is 1.19 bits per heavy atom. The molecule has 0 amide bonds. The summed E-state index contributed by atoms with van der Waals surface area (Å²) in [5.41, 5.74) is 2.07. The van der Waals surface area contributed by atoms with E-state index >= 15 is 0 Å². The summed E-state index contributed by atoms with van der Waals surface area (Å²) in [6.45, 7) is 3.59. The third-order valence-corrected chi connectivity index (χ3v) is 4.71. The van der Waals surface area contributed by atoms with E-state index in [-0.39, 0.29) is 24.0 Å². The molecule has 5 nitrogen and oxygen atoms in total. The molecule has 1 N–H and O–H groups in total. The van der Waals surface area contributed by atoms with E-state index in [0.717, 1.165) is 11.4 Å². The zero-order valence-corrected chi connectivity index (χ0v) is 15.1. The molecule has 1 heterocycles. The minimum Gasteiger partial charge on any atom is -0.394 e. The van der Waals surface area contributed by atoms with Crippen molar-refractivity contribution in [1.29, 1.82) is 0 Å². The van der Waals surface area contributed by atoms with Crippen LogP contribution < -0.4 is 10.5 Å². The van der Waals surface area contributed by atoms with Crippen LogP contribution >= 0.6 is 0 Å². The Bertz CT molecular complexity index is 979. The van der Waals surface area contributed by atoms with Crippen molar-refractivity contribution >= 4 is 22.3 Å². The Kier molecular flexibility index (Phi) is 5.04. The van der Waals surface area contributed by atoms with Crippen LogP contribution in [-0.4, -0.2) is 28.3 Å². The summed E-state index contributed by atoms with van der Waals surface area (Å²) in [4.78, 5) is 19.4. The number of rotatable bonds is 5. The van der Waals surface area contributed by atoms with Crippen LogP contribution in [0.5, 0.6) is 0 Å². The largest absolute Gasteiger partial charge is 0.394 e. The Balaban J connectivity index is 2.13. The lowest BCUT2D eigenvalue weighted by Gasteiger charge is -2.21. The van der Waals surface area contributed by atoms with Gasteiger partial charge in [-0.1, -0.05) is 6.92 Å². The van der Waals surface area contributed by atoms with E-state index in [0.29, 0.717) is 23.1 Å². The average molecular weight is 355 g/mol. The Morgan fingerprint density at radius 3 is 2.46 bits per heavy atom. The molecule has 136 valence electrons. The second-order valence-corrected chi connectivity index (χ2v) is 6.32. The molecule has 1 unspecified atom stereocenters. The van der Waals surface area contributed by atoms with Gasteiger partial charge >= 0.3 is 0 Å². The predicted molar refractivity (Wildman–Crippen MR) is 102 cm³/mol. The summed E-state index contributed by atoms with van der Waals surface area (Å²) < 4.78 is 14.7. The number of benzene rings is 2. The molecule has 0 bridgehead atoms. The molecule has 0 saturated carbocycles. The fraction of sp³-hybridized carbons (Fsp3) is 0.300. The van der Waals surface area contributed by atoms with Crippen molar-refractivity contribution in [3.63, 3.8) is 0 Å². The number of aliphatic hydroxyl groups is 1. The quantitative estimate of drug-likeness (QED) is 0.760. The Labute approximate surface area is 151 Å². The summed E-state index contributed by atoms with van der Waals surface area (Å²) in [6.07, 6.45) is 0.638. The van der Waals surface area contributed by atoms with E-state index in [1.165, 1.54) is 12.1 Å². The third kappa shape index (κ3) is 3.20. The lowest BCUT2D eigenvalue weighted by Crippen LogP contribution is -2.29. The Morgan fingerprint density at radius 2 is 1.85 bits per heavy atom. The number of hydrogen-bond donors (Lipinski definition) is 1. The monoisotopic (exact) mass is 355 g/mol. The standard InChI is InChI=1S/C20H22FN3O2/c1-4-15(12-25)24-13(2)22-19-10-9-17(11-18(19)20(24)26)23(3)16-7-5-14(21)6-8-16/h5-11,15,25H,4,12H2,1-3H3. The van der Waals surface area contributed by atoms with Crippen molar-refractivity contribution in [3.05, 3.63) is 64.5 Å². The van der Waals surface area contributed by atoms with Gasteiger partial charge in [-0.25, -0.2) is 9.37 Å². The normalized spacial score (nSPS) is 12.3. The van der Waals surface area contributed by atoms with E-state index in [1.54, 1.807) is 29.7 Å². The molecular formula is C20H22FN3O2. The van der Waals surface area contributed by atoms with Gasteiger partial charge in [0.15, 0.2) is 0 Å². The van der Waals surface area contributed by atoms with Gasteiger partial charge < -0.3 is 10.0 Å². The highest BCUT2D eigenvalue weighted by Crippen LogP contribution is 2.26. The van der Waals surface area contributed by atoms with Crippen LogP contribution in [0.1, 0.15) is 25.2 Å². The topological polar surface area (TPSA) is 58.4 Å². The maximum Gasteiger partial charge on any atom is 0.261 e. The highest BCUT2D eigenvalue weighted by Gasteiger charge is 2.16. The second-order valence-electron chi connectivity index (χ2n) is 6.32. The molecule has 26 heavy (non-hydrogen) atoms. The summed E-state index contributed by atoms with van der Waals surface area (Å²) in [5.74, 6) is 0.292. The van der Waals surface area contributed by atoms with Crippen molar-refractivity contribution in [3.8, 4) is 0 Å². The summed E-state index contributed by atoms with van der Waals surface area (Å²) in [5, 5.41) is 10.1. The van der Waals surface area contributed by atoms with Crippen molar-refractivity contribution in [2.75, 3.05) is 18.6 Å². The molecule has 1 aromatic heterocycles. The number of aryl methyl sites for hydroxylation is 1. The van der Waals surface area contributed by atoms with E-state index in [2.05, 4.69) is 4.98 Å². The van der Waals surface area contributed by atoms with Gasteiger partial charge in [-0.05, 0) is 55.8 Å². The number of aromatic nitrogens is 2. The van der Waals surface area contributed by atoms with Crippen molar-refractivity contribution < 1.29 is 9.50 Å². The number of aliphatic hydroxyl groups excluding tert-OH is 1. The van der Waals surface area contributed by atoms with Crippen molar-refractivity contribution in [2.45, 2.75) is 26.3 Å². The van der Waals surface area contributed by atoms with Gasteiger partial charge in [-0.15, -0.1) is 0 Å². The van der Waals surface area contributed by atoms with Crippen molar-refractivity contribution in [1.82, 2.24) is 9.55 Å². The van der Waals surface area contributed by atoms with E-state index in [1.807, 2.05) is 31.0 Å². The van der Waals surface area contributed by atoms with Crippen LogP contribution in [0.25, 0.3) is 10.9 Å². The van der Waals surface area contributed by atoms with E-state index in [4.69, 9.17) is 0 Å². The lowest BCUT2D eigenvalue weighted by atomic mass is 10.1. The second kappa shape index (κ2) is 7.25. The number of halogens is 1. The van der Waals surface area contributed by atoms with Gasteiger partial charge in [0.2, 0.25) is 0 Å². The maximum atomic E-state index is 13.1. The van der Waals surface area contributed by atoms with Gasteiger partial charge in [0.1, 0.15) is 11.6 Å². The third-order valence-electron chi connectivity index (χ3n) is 4.71. The van der Waals surface area contributed by atoms with Crippen LogP contribution in [0.3, 0.4) is 0 Å². The SMILES string of the molecule is CCC(CO)n1c(C)nc2ccc(N(C)c3ccc(F)cc3)cc2c1=O. The first-order valence-electron chi connectivity index (χ1n) is 8.59. The summed E-state index contributed by atoms with van der Waals surface area (Å²) >= 11 is 0. The molecule has 3 aromatic rings. The zero-order valence-electron chi connectivity index (χ0n) is 15.1. The first-order valence-corrected chi connectivity index (χ1v) is 8.59. The first kappa shape index (κ1) is 18.1. The van der Waals surface area contributed by atoms with Crippen LogP contribution in [0.15, 0.2) is 47.3 Å². The highest BCUT2D eigenvalue weighted by molar-refractivity contribution is 5.83. The molecule has 0 aliphatic carbocycles. The van der Waals surface area contributed by atoms with E-state index < -0.39 is 0 Å². The van der Waals surface area contributed by atoms with E-state index in [9.17, 15) is 14.3 Å². The fourth-order valence-electron chi connectivity index (χ4n) is 3.14. The summed E-state index contributed by atoms with van der Waals surface area (Å²) in [6, 6.07) is 11.4. The molecule has 0 spiro atoms. The number of hydrogen-bond acceptors (Lipinski definition) is 4. The van der Waals surface area contributed by atoms with Gasteiger partial charge in [0.25, 0.3) is 5.56 Å². The molecule has 1 atom stereocenters. The van der Waals surface area contributed by atoms with Crippen LogP contribution in [0.2, 0.25) is 0 Å². The minimum absolute atomic E-state index is 0.112. The molecule has 3 rings (SSSR count).